The summed E-state index contributed by atoms with van der Waals surface area (Å²) in [5.74, 6) is 1.42. The second kappa shape index (κ2) is 16.6. The Hall–Kier alpha value is -6.85. The Morgan fingerprint density at radius 1 is 0.692 bits per heavy atom. The summed E-state index contributed by atoms with van der Waals surface area (Å²) in [7, 11) is 0. The van der Waals surface area contributed by atoms with E-state index < -0.39 is 0 Å². The highest BCUT2D eigenvalue weighted by Crippen LogP contribution is 2.56. The topological polar surface area (TPSA) is 44.6 Å². The molecule has 0 N–H and O–H groups in total. The number of likely N-dealkylation sites (tertiary alicyclic amines) is 1. The molecular formula is C60H55N5. The van der Waals surface area contributed by atoms with Crippen molar-refractivity contribution in [3.05, 3.63) is 233 Å². The van der Waals surface area contributed by atoms with Crippen LogP contribution in [0.3, 0.4) is 0 Å². The maximum absolute atomic E-state index is 5.19. The number of para-hydroxylation sites is 1. The normalized spacial score (nSPS) is 29.2. The summed E-state index contributed by atoms with van der Waals surface area (Å²) < 4.78 is 0. The van der Waals surface area contributed by atoms with Crippen LogP contribution < -0.4 is 4.90 Å². The molecule has 320 valence electrons. The number of aliphatic imine (C=N–C) groups is 1. The van der Waals surface area contributed by atoms with E-state index in [0.717, 1.165) is 73.3 Å². The van der Waals surface area contributed by atoms with Gasteiger partial charge in [0.15, 0.2) is 5.82 Å². The molecule has 5 nitrogen and oxygen atoms in total. The molecule has 5 heteroatoms. The highest BCUT2D eigenvalue weighted by Gasteiger charge is 2.50. The minimum Gasteiger partial charge on any atom is -0.357 e. The quantitative estimate of drug-likeness (QED) is 0.222. The van der Waals surface area contributed by atoms with E-state index >= 15 is 0 Å². The van der Waals surface area contributed by atoms with Gasteiger partial charge in [-0.25, -0.2) is 9.97 Å². The van der Waals surface area contributed by atoms with E-state index in [0.29, 0.717) is 23.9 Å². The summed E-state index contributed by atoms with van der Waals surface area (Å²) in [6.45, 7) is 2.50. The van der Waals surface area contributed by atoms with Gasteiger partial charge in [-0.3, -0.25) is 4.99 Å². The molecule has 3 aromatic rings. The Bertz CT molecular complexity index is 2900. The predicted molar refractivity (Wildman–Crippen MR) is 269 cm³/mol. The number of allylic oxidation sites excluding steroid dienone is 21. The molecule has 12 rings (SSSR count). The molecule has 0 bridgehead atoms. The molecule has 4 heterocycles. The van der Waals surface area contributed by atoms with Gasteiger partial charge < -0.3 is 9.80 Å². The van der Waals surface area contributed by atoms with Crippen LogP contribution in [-0.4, -0.2) is 39.2 Å². The van der Waals surface area contributed by atoms with E-state index in [1.54, 1.807) is 0 Å². The maximum atomic E-state index is 5.19. The third-order valence-electron chi connectivity index (χ3n) is 15.0. The van der Waals surface area contributed by atoms with Crippen LogP contribution in [0.5, 0.6) is 0 Å². The first-order chi connectivity index (χ1) is 32.1. The number of benzene rings is 2. The molecule has 0 radical (unpaired) electrons. The van der Waals surface area contributed by atoms with Crippen LogP contribution in [0.15, 0.2) is 221 Å². The number of dihydropyridines is 1. The molecule has 7 atom stereocenters. The zero-order valence-electron chi connectivity index (χ0n) is 37.1. The van der Waals surface area contributed by atoms with Gasteiger partial charge in [0, 0.05) is 52.5 Å². The third-order valence-corrected chi connectivity index (χ3v) is 15.0. The fourth-order valence-electron chi connectivity index (χ4n) is 11.8. The van der Waals surface area contributed by atoms with Gasteiger partial charge in [0.2, 0.25) is 0 Å². The van der Waals surface area contributed by atoms with Crippen molar-refractivity contribution in [3.8, 4) is 11.3 Å². The Kier molecular flexibility index (Phi) is 10.2. The minimum absolute atomic E-state index is 0.0722. The Balaban J connectivity index is 0.850. The van der Waals surface area contributed by atoms with Crippen LogP contribution in [0.25, 0.3) is 16.8 Å². The smallest absolute Gasteiger partial charge is 0.158 e. The zero-order valence-corrected chi connectivity index (χ0v) is 37.1. The summed E-state index contributed by atoms with van der Waals surface area (Å²) in [6, 6.07) is 21.0. The average Bonchev–Trinajstić information content (AvgIpc) is 3.52. The largest absolute Gasteiger partial charge is 0.357 e. The number of fused-ring (bicyclic) bond motifs is 6. The van der Waals surface area contributed by atoms with Crippen molar-refractivity contribution < 1.29 is 0 Å². The van der Waals surface area contributed by atoms with Crippen LogP contribution >= 0.6 is 0 Å². The van der Waals surface area contributed by atoms with Crippen molar-refractivity contribution in [2.75, 3.05) is 4.90 Å². The molecule has 0 amide bonds. The number of aromatic nitrogens is 2. The predicted octanol–water partition coefficient (Wildman–Crippen LogP) is 13.6. The van der Waals surface area contributed by atoms with Gasteiger partial charge in [-0.05, 0) is 96.2 Å². The summed E-state index contributed by atoms with van der Waals surface area (Å²) in [5, 5.41) is 0. The molecule has 1 saturated heterocycles. The second-order valence-electron chi connectivity index (χ2n) is 18.9. The van der Waals surface area contributed by atoms with Crippen molar-refractivity contribution in [2.24, 2.45) is 16.8 Å². The van der Waals surface area contributed by atoms with Gasteiger partial charge in [-0.15, -0.1) is 0 Å². The maximum Gasteiger partial charge on any atom is 0.158 e. The van der Waals surface area contributed by atoms with E-state index in [1.165, 1.54) is 44.9 Å². The Labute approximate surface area is 384 Å². The molecule has 6 aliphatic carbocycles. The number of nitrogens with zero attached hydrogens (tertiary/aromatic N) is 5. The fraction of sp³-hybridized carbons (Fsp3) is 0.250. The summed E-state index contributed by atoms with van der Waals surface area (Å²) in [4.78, 5) is 20.4. The first-order valence-electron chi connectivity index (χ1n) is 23.9. The number of hydrogen-bond donors (Lipinski definition) is 0. The van der Waals surface area contributed by atoms with Crippen molar-refractivity contribution >= 4 is 23.2 Å². The van der Waals surface area contributed by atoms with Gasteiger partial charge in [0.1, 0.15) is 6.04 Å². The number of anilines is 2. The Morgan fingerprint density at radius 3 is 2.43 bits per heavy atom. The van der Waals surface area contributed by atoms with Gasteiger partial charge in [-0.1, -0.05) is 171 Å². The van der Waals surface area contributed by atoms with Crippen LogP contribution in [0, 0.1) is 11.8 Å². The molecule has 1 aromatic heterocycles. The van der Waals surface area contributed by atoms with Gasteiger partial charge in [0.05, 0.1) is 29.5 Å². The molecule has 0 saturated carbocycles. The lowest BCUT2D eigenvalue weighted by Gasteiger charge is -2.41. The molecule has 2 aromatic carbocycles. The average molecular weight is 846 g/mol. The lowest BCUT2D eigenvalue weighted by atomic mass is 9.66. The number of hydrogen-bond acceptors (Lipinski definition) is 5. The third kappa shape index (κ3) is 7.13. The lowest BCUT2D eigenvalue weighted by Crippen LogP contribution is -2.43. The van der Waals surface area contributed by atoms with Crippen LogP contribution in [0.1, 0.15) is 75.0 Å². The lowest BCUT2D eigenvalue weighted by molar-refractivity contribution is 0.263. The molecule has 9 aliphatic rings. The first kappa shape index (κ1) is 39.7. The van der Waals surface area contributed by atoms with E-state index in [4.69, 9.17) is 15.0 Å². The van der Waals surface area contributed by atoms with E-state index in [1.807, 2.05) is 6.21 Å². The van der Waals surface area contributed by atoms with Gasteiger partial charge in [0.25, 0.3) is 0 Å². The first-order valence-corrected chi connectivity index (χ1v) is 23.9. The highest BCUT2D eigenvalue weighted by molar-refractivity contribution is 5.79. The molecule has 65 heavy (non-hydrogen) atoms. The molecular weight excluding hydrogens is 791 g/mol. The molecule has 0 spiro atoms. The summed E-state index contributed by atoms with van der Waals surface area (Å²) in [6.07, 6.45) is 60.3. The molecule has 3 aliphatic heterocycles. The summed E-state index contributed by atoms with van der Waals surface area (Å²) >= 11 is 0. The van der Waals surface area contributed by atoms with E-state index in [-0.39, 0.29) is 17.5 Å². The molecule has 1 fully saturated rings. The van der Waals surface area contributed by atoms with E-state index in [9.17, 15) is 0 Å². The second-order valence-corrected chi connectivity index (χ2v) is 18.9. The standard InChI is InChI=1S/C60H55N5/c1-60-40-46(45-31-35-50-49-22-9-4-10-25-55(49)64(57(50)38-45)47-20-7-3-8-21-47)32-36-58(60)65(56-26-12-11-23-51(56)60)48-33-29-44(30-34-48)54-39-53(62-59(63-54)52-24-13-14-37-61-52)43-19-15-18-42(27-28-43)41-16-5-2-6-17-41/h3-5,7-9,11-13,16-20,22-39,46-47,50,52,57-58H,2,6,10,14-15,21,40H2,1H3. The van der Waals surface area contributed by atoms with E-state index in [2.05, 4.69) is 205 Å². The zero-order chi connectivity index (χ0) is 43.3. The summed E-state index contributed by atoms with van der Waals surface area (Å²) in [5.41, 5.74) is 14.7. The van der Waals surface area contributed by atoms with Crippen LogP contribution in [0.4, 0.5) is 11.4 Å². The minimum atomic E-state index is -0.199. The van der Waals surface area contributed by atoms with Crippen LogP contribution in [0.2, 0.25) is 0 Å². The fourth-order valence-corrected chi connectivity index (χ4v) is 11.8. The van der Waals surface area contributed by atoms with Crippen molar-refractivity contribution in [1.82, 2.24) is 14.9 Å². The van der Waals surface area contributed by atoms with Crippen molar-refractivity contribution in [3.63, 3.8) is 0 Å². The SMILES string of the molecule is CC12CC(C3=CC4C(C=C3)C3=CC=CCC=C3N4C3C=CC=CC3)C=CC1N(c1ccc(-c3cc(C4=CCC=C(C5=CCCC=C5)C=C4)nc(C4C=CCC=N4)n3)cc1)c1ccccc12. The van der Waals surface area contributed by atoms with Gasteiger partial charge >= 0.3 is 0 Å². The van der Waals surface area contributed by atoms with Crippen LogP contribution in [-0.2, 0) is 5.41 Å². The molecule has 7 unspecified atom stereocenters. The van der Waals surface area contributed by atoms with Crippen molar-refractivity contribution in [1.29, 1.82) is 0 Å². The monoisotopic (exact) mass is 845 g/mol. The number of rotatable bonds is 7. The van der Waals surface area contributed by atoms with Crippen molar-refractivity contribution in [2.45, 2.75) is 81.5 Å². The van der Waals surface area contributed by atoms with Gasteiger partial charge in [-0.2, -0.15) is 0 Å². The Morgan fingerprint density at radius 2 is 1.57 bits per heavy atom. The highest BCUT2D eigenvalue weighted by atomic mass is 15.2.